The van der Waals surface area contributed by atoms with Crippen LogP contribution in [0, 0.1) is 0 Å². The van der Waals surface area contributed by atoms with Crippen LogP contribution in [0.3, 0.4) is 0 Å². The van der Waals surface area contributed by atoms with Crippen molar-refractivity contribution in [3.8, 4) is 11.5 Å². The van der Waals surface area contributed by atoms with E-state index in [1.165, 1.54) is 13.2 Å². The minimum Gasteiger partial charge on any atom is -0.496 e. The van der Waals surface area contributed by atoms with Crippen LogP contribution in [0.2, 0.25) is 0 Å². The standard InChI is InChI=1S/C20H22N6O5S/c1-30-18-6-4-3-5-14(18)15-11-25(21)12-17-20(15)22-24-26(17)10-13-7-8-16(19(9-13)31-2)23-32(27,28)29/h3-9,11,23H,10,12,21H2,1-2H3,(H,27,28,29). The van der Waals surface area contributed by atoms with Crippen molar-refractivity contribution in [2.24, 2.45) is 5.84 Å². The third-order valence-electron chi connectivity index (χ3n) is 4.95. The van der Waals surface area contributed by atoms with Crippen LogP contribution in [-0.4, -0.2) is 47.2 Å². The molecule has 4 N–H and O–H groups in total. The molecule has 0 aliphatic carbocycles. The second-order valence-electron chi connectivity index (χ2n) is 7.07. The van der Waals surface area contributed by atoms with Crippen LogP contribution in [0.15, 0.2) is 48.7 Å². The van der Waals surface area contributed by atoms with E-state index < -0.39 is 10.3 Å². The molecule has 0 unspecified atom stereocenters. The first-order valence-corrected chi connectivity index (χ1v) is 10.9. The van der Waals surface area contributed by atoms with Gasteiger partial charge in [0.25, 0.3) is 0 Å². The Morgan fingerprint density at radius 3 is 2.62 bits per heavy atom. The molecule has 168 valence electrons. The van der Waals surface area contributed by atoms with Gasteiger partial charge in [0.1, 0.15) is 17.2 Å². The lowest BCUT2D eigenvalue weighted by atomic mass is 9.99. The molecule has 0 amide bonds. The van der Waals surface area contributed by atoms with Crippen LogP contribution in [0.4, 0.5) is 5.69 Å². The van der Waals surface area contributed by atoms with Gasteiger partial charge in [-0.15, -0.1) is 5.10 Å². The summed E-state index contributed by atoms with van der Waals surface area (Å²) in [7, 11) is -1.41. The van der Waals surface area contributed by atoms with Gasteiger partial charge in [0.15, 0.2) is 0 Å². The zero-order valence-corrected chi connectivity index (χ0v) is 18.2. The molecule has 0 saturated heterocycles. The van der Waals surface area contributed by atoms with E-state index in [9.17, 15) is 8.42 Å². The van der Waals surface area contributed by atoms with Crippen LogP contribution >= 0.6 is 0 Å². The Hall–Kier alpha value is -3.61. The van der Waals surface area contributed by atoms with Gasteiger partial charge in [-0.25, -0.2) is 10.5 Å². The van der Waals surface area contributed by atoms with Gasteiger partial charge in [-0.2, -0.15) is 8.42 Å². The molecule has 0 fully saturated rings. The zero-order chi connectivity index (χ0) is 22.9. The highest BCUT2D eigenvalue weighted by molar-refractivity contribution is 7.87. The Bertz CT molecular complexity index is 1290. The normalized spacial score (nSPS) is 13.4. The number of hydrogen-bond donors (Lipinski definition) is 3. The van der Waals surface area contributed by atoms with Crippen LogP contribution in [0.25, 0.3) is 5.57 Å². The highest BCUT2D eigenvalue weighted by atomic mass is 32.2. The molecule has 2 heterocycles. The van der Waals surface area contributed by atoms with E-state index in [-0.39, 0.29) is 11.4 Å². The van der Waals surface area contributed by atoms with Gasteiger partial charge in [-0.3, -0.25) is 9.27 Å². The second-order valence-corrected chi connectivity index (χ2v) is 8.22. The van der Waals surface area contributed by atoms with E-state index in [4.69, 9.17) is 19.9 Å². The average molecular weight is 459 g/mol. The fraction of sp³-hybridized carbons (Fsp3) is 0.200. The van der Waals surface area contributed by atoms with Crippen molar-refractivity contribution in [1.82, 2.24) is 20.0 Å². The maximum Gasteiger partial charge on any atom is 0.357 e. The summed E-state index contributed by atoms with van der Waals surface area (Å²) in [4.78, 5) is 0. The molecule has 12 heteroatoms. The van der Waals surface area contributed by atoms with E-state index in [1.807, 2.05) is 29.0 Å². The van der Waals surface area contributed by atoms with Gasteiger partial charge in [0, 0.05) is 17.3 Å². The van der Waals surface area contributed by atoms with Crippen molar-refractivity contribution in [1.29, 1.82) is 0 Å². The number of hydrazine groups is 1. The highest BCUT2D eigenvalue weighted by Gasteiger charge is 2.25. The Morgan fingerprint density at radius 1 is 1.16 bits per heavy atom. The van der Waals surface area contributed by atoms with Crippen molar-refractivity contribution in [3.05, 3.63) is 71.2 Å². The Balaban J connectivity index is 1.67. The topological polar surface area (TPSA) is 145 Å². The molecule has 11 nitrogen and oxygen atoms in total. The summed E-state index contributed by atoms with van der Waals surface area (Å²) in [6, 6.07) is 12.4. The first-order valence-electron chi connectivity index (χ1n) is 9.50. The third-order valence-corrected chi connectivity index (χ3v) is 5.43. The van der Waals surface area contributed by atoms with Gasteiger partial charge in [0.2, 0.25) is 0 Å². The van der Waals surface area contributed by atoms with Crippen molar-refractivity contribution >= 4 is 21.6 Å². The number of para-hydroxylation sites is 1. The molecule has 0 saturated carbocycles. The molecule has 0 spiro atoms. The molecule has 0 bridgehead atoms. The lowest BCUT2D eigenvalue weighted by Crippen LogP contribution is -2.30. The number of nitrogens with one attached hydrogen (secondary N) is 1. The van der Waals surface area contributed by atoms with Gasteiger partial charge >= 0.3 is 10.3 Å². The number of ether oxygens (including phenoxy) is 2. The van der Waals surface area contributed by atoms with Crippen LogP contribution in [-0.2, 0) is 23.4 Å². The van der Waals surface area contributed by atoms with Gasteiger partial charge < -0.3 is 14.5 Å². The lowest BCUT2D eigenvalue weighted by molar-refractivity contribution is 0.365. The maximum atomic E-state index is 11.1. The Labute approximate surface area is 184 Å². The summed E-state index contributed by atoms with van der Waals surface area (Å²) in [6.07, 6.45) is 1.80. The molecule has 2 aromatic carbocycles. The molecule has 0 radical (unpaired) electrons. The predicted molar refractivity (Wildman–Crippen MR) is 117 cm³/mol. The van der Waals surface area contributed by atoms with Crippen LogP contribution < -0.4 is 20.0 Å². The number of rotatable bonds is 7. The first kappa shape index (κ1) is 21.6. The summed E-state index contributed by atoms with van der Waals surface area (Å²) in [5.74, 6) is 7.10. The van der Waals surface area contributed by atoms with E-state index >= 15 is 0 Å². The number of hydrogen-bond acceptors (Lipinski definition) is 8. The molecular formula is C20H22N6O5S. The molecule has 0 atom stereocenters. The number of methoxy groups -OCH3 is 2. The minimum absolute atomic E-state index is 0.119. The molecule has 1 aliphatic heterocycles. The SMILES string of the molecule is COc1cc(Cn2nnc3c2CN(N)C=C3c2ccccc2OC)ccc1NS(=O)(=O)O. The fourth-order valence-corrected chi connectivity index (χ4v) is 4.01. The number of aromatic nitrogens is 3. The van der Waals surface area contributed by atoms with Gasteiger partial charge in [-0.05, 0) is 23.8 Å². The van der Waals surface area contributed by atoms with E-state index in [0.29, 0.717) is 24.5 Å². The number of anilines is 1. The number of benzene rings is 2. The van der Waals surface area contributed by atoms with Crippen molar-refractivity contribution < 1.29 is 22.4 Å². The Morgan fingerprint density at radius 2 is 1.91 bits per heavy atom. The lowest BCUT2D eigenvalue weighted by Gasteiger charge is -2.23. The number of fused-ring (bicyclic) bond motifs is 1. The van der Waals surface area contributed by atoms with Crippen molar-refractivity contribution in [2.75, 3.05) is 18.9 Å². The molecule has 32 heavy (non-hydrogen) atoms. The first-order chi connectivity index (χ1) is 15.3. The largest absolute Gasteiger partial charge is 0.496 e. The zero-order valence-electron chi connectivity index (χ0n) is 17.4. The summed E-state index contributed by atoms with van der Waals surface area (Å²) in [6.45, 7) is 0.748. The maximum absolute atomic E-state index is 11.1. The average Bonchev–Trinajstić information content (AvgIpc) is 3.15. The summed E-state index contributed by atoms with van der Waals surface area (Å²) in [5.41, 5.74) is 4.06. The van der Waals surface area contributed by atoms with Crippen LogP contribution in [0.5, 0.6) is 11.5 Å². The van der Waals surface area contributed by atoms with Crippen molar-refractivity contribution in [3.63, 3.8) is 0 Å². The third kappa shape index (κ3) is 4.37. The van der Waals surface area contributed by atoms with Crippen LogP contribution in [0.1, 0.15) is 22.5 Å². The molecular weight excluding hydrogens is 436 g/mol. The monoisotopic (exact) mass is 458 g/mol. The predicted octanol–water partition coefficient (Wildman–Crippen LogP) is 1.64. The second kappa shape index (κ2) is 8.49. The van der Waals surface area contributed by atoms with Gasteiger partial charge in [-0.1, -0.05) is 29.5 Å². The minimum atomic E-state index is -4.42. The molecule has 3 aromatic rings. The number of nitrogens with zero attached hydrogens (tertiary/aromatic N) is 4. The fourth-order valence-electron chi connectivity index (χ4n) is 3.57. The van der Waals surface area contributed by atoms with E-state index in [2.05, 4.69) is 10.3 Å². The van der Waals surface area contributed by atoms with Gasteiger partial charge in [0.05, 0.1) is 38.7 Å². The molecule has 4 rings (SSSR count). The quantitative estimate of drug-likeness (QED) is 0.355. The summed E-state index contributed by atoms with van der Waals surface area (Å²) < 4.78 is 45.8. The summed E-state index contributed by atoms with van der Waals surface area (Å²) in [5, 5.41) is 10.2. The Kier molecular flexibility index (Phi) is 5.74. The highest BCUT2D eigenvalue weighted by Crippen LogP contribution is 2.35. The van der Waals surface area contributed by atoms with E-state index in [1.54, 1.807) is 35.1 Å². The van der Waals surface area contributed by atoms with Crippen molar-refractivity contribution in [2.45, 2.75) is 13.1 Å². The summed E-state index contributed by atoms with van der Waals surface area (Å²) >= 11 is 0. The molecule has 1 aromatic heterocycles. The molecule has 1 aliphatic rings. The van der Waals surface area contributed by atoms with E-state index in [0.717, 1.165) is 22.4 Å². The number of nitrogens with two attached hydrogens (primary N) is 1. The smallest absolute Gasteiger partial charge is 0.357 e.